The summed E-state index contributed by atoms with van der Waals surface area (Å²) in [5.41, 5.74) is 0. The zero-order chi connectivity index (χ0) is 13.0. The molecule has 1 aliphatic carbocycles. The van der Waals surface area contributed by atoms with Gasteiger partial charge in [-0.3, -0.25) is 9.59 Å². The molecule has 5 heteroatoms. The van der Waals surface area contributed by atoms with Crippen LogP contribution in [-0.4, -0.2) is 49.7 Å². The molecule has 0 aromatic heterocycles. The third-order valence-corrected chi connectivity index (χ3v) is 3.50. The Hall–Kier alpha value is -1.10. The van der Waals surface area contributed by atoms with Gasteiger partial charge < -0.3 is 14.4 Å². The molecule has 102 valence electrons. The topological polar surface area (TPSA) is 55.8 Å². The molecular formula is C13H21NO4. The molecule has 18 heavy (non-hydrogen) atoms. The number of methoxy groups -OCH3 is 1. The van der Waals surface area contributed by atoms with Crippen LogP contribution in [-0.2, 0) is 19.1 Å². The van der Waals surface area contributed by atoms with Gasteiger partial charge in [0.05, 0.1) is 19.6 Å². The molecule has 0 N–H and O–H groups in total. The highest BCUT2D eigenvalue weighted by Crippen LogP contribution is 2.31. The van der Waals surface area contributed by atoms with Crippen LogP contribution in [0.2, 0.25) is 0 Å². The Morgan fingerprint density at radius 2 is 2.11 bits per heavy atom. The second kappa shape index (κ2) is 6.18. The monoisotopic (exact) mass is 255 g/mol. The molecule has 0 aromatic rings. The molecule has 0 aromatic carbocycles. The van der Waals surface area contributed by atoms with Gasteiger partial charge in [0, 0.05) is 25.6 Å². The first kappa shape index (κ1) is 13.3. The van der Waals surface area contributed by atoms with Gasteiger partial charge in [0.25, 0.3) is 0 Å². The Morgan fingerprint density at radius 3 is 2.67 bits per heavy atom. The summed E-state index contributed by atoms with van der Waals surface area (Å²) >= 11 is 0. The molecule has 1 heterocycles. The number of nitrogens with zero attached hydrogens (tertiary/aromatic N) is 1. The van der Waals surface area contributed by atoms with E-state index in [0.29, 0.717) is 13.1 Å². The lowest BCUT2D eigenvalue weighted by Crippen LogP contribution is -2.39. The molecule has 1 saturated heterocycles. The molecule has 2 fully saturated rings. The van der Waals surface area contributed by atoms with Gasteiger partial charge in [0.15, 0.2) is 0 Å². The number of esters is 1. The molecule has 1 atom stereocenters. The third-order valence-electron chi connectivity index (χ3n) is 3.50. The Kier molecular flexibility index (Phi) is 4.58. The van der Waals surface area contributed by atoms with Crippen molar-refractivity contribution in [1.82, 2.24) is 4.90 Å². The molecule has 5 nitrogen and oxygen atoms in total. The van der Waals surface area contributed by atoms with E-state index >= 15 is 0 Å². The average molecular weight is 255 g/mol. The van der Waals surface area contributed by atoms with Crippen LogP contribution in [0.1, 0.15) is 32.1 Å². The summed E-state index contributed by atoms with van der Waals surface area (Å²) in [5, 5.41) is 0. The van der Waals surface area contributed by atoms with E-state index in [1.54, 1.807) is 4.90 Å². The molecule has 1 amide bonds. The van der Waals surface area contributed by atoms with Crippen molar-refractivity contribution in [3.63, 3.8) is 0 Å². The summed E-state index contributed by atoms with van der Waals surface area (Å²) in [4.78, 5) is 25.1. The first-order valence-corrected chi connectivity index (χ1v) is 6.68. The number of hydrogen-bond donors (Lipinski definition) is 0. The van der Waals surface area contributed by atoms with Crippen molar-refractivity contribution >= 4 is 11.9 Å². The highest BCUT2D eigenvalue weighted by atomic mass is 16.5. The normalized spacial score (nSPS) is 22.8. The molecule has 0 bridgehead atoms. The molecular weight excluding hydrogens is 234 g/mol. The Labute approximate surface area is 107 Å². The van der Waals surface area contributed by atoms with Crippen LogP contribution in [0.3, 0.4) is 0 Å². The predicted molar refractivity (Wildman–Crippen MR) is 64.9 cm³/mol. The van der Waals surface area contributed by atoms with Gasteiger partial charge in [-0.25, -0.2) is 0 Å². The van der Waals surface area contributed by atoms with Gasteiger partial charge in [-0.2, -0.15) is 0 Å². The second-order valence-corrected chi connectivity index (χ2v) is 5.02. The summed E-state index contributed by atoms with van der Waals surface area (Å²) in [6.07, 6.45) is 4.45. The maximum Gasteiger partial charge on any atom is 0.307 e. The summed E-state index contributed by atoms with van der Waals surface area (Å²) in [6, 6.07) is 0. The van der Waals surface area contributed by atoms with Crippen LogP contribution in [0.15, 0.2) is 0 Å². The lowest BCUT2D eigenvalue weighted by molar-refractivity contribution is -0.142. The number of hydrogen-bond acceptors (Lipinski definition) is 4. The largest absolute Gasteiger partial charge is 0.469 e. The Bertz CT molecular complexity index is 308. The number of rotatable bonds is 6. The number of ether oxygens (including phenoxy) is 2. The molecule has 1 saturated carbocycles. The van der Waals surface area contributed by atoms with Gasteiger partial charge in [0.2, 0.25) is 5.91 Å². The van der Waals surface area contributed by atoms with E-state index in [-0.39, 0.29) is 30.3 Å². The van der Waals surface area contributed by atoms with E-state index < -0.39 is 0 Å². The van der Waals surface area contributed by atoms with E-state index in [0.717, 1.165) is 32.3 Å². The summed E-state index contributed by atoms with van der Waals surface area (Å²) < 4.78 is 10.2. The van der Waals surface area contributed by atoms with Crippen LogP contribution in [0.5, 0.6) is 0 Å². The second-order valence-electron chi connectivity index (χ2n) is 5.02. The molecule has 1 unspecified atom stereocenters. The highest BCUT2D eigenvalue weighted by molar-refractivity contribution is 5.81. The molecule has 1 aliphatic heterocycles. The van der Waals surface area contributed by atoms with Crippen LogP contribution >= 0.6 is 0 Å². The maximum absolute atomic E-state index is 12.1. The first-order chi connectivity index (χ1) is 8.70. The van der Waals surface area contributed by atoms with Crippen molar-refractivity contribution in [2.75, 3.05) is 26.8 Å². The third kappa shape index (κ3) is 3.70. The van der Waals surface area contributed by atoms with Crippen molar-refractivity contribution in [1.29, 1.82) is 0 Å². The van der Waals surface area contributed by atoms with Gasteiger partial charge in [0.1, 0.15) is 0 Å². The minimum absolute atomic E-state index is 0.144. The standard InChI is InChI=1S/C13H21NO4/c1-17-12(15)6-7-14(13(16)10-4-5-10)9-11-3-2-8-18-11/h10-11H,2-9H2,1H3. The lowest BCUT2D eigenvalue weighted by atomic mass is 10.2. The molecule has 0 radical (unpaired) electrons. The fourth-order valence-corrected chi connectivity index (χ4v) is 2.24. The SMILES string of the molecule is COC(=O)CCN(CC1CCCO1)C(=O)C1CC1. The van der Waals surface area contributed by atoms with Crippen LogP contribution in [0.4, 0.5) is 0 Å². The summed E-state index contributed by atoms with van der Waals surface area (Å²) in [7, 11) is 1.37. The lowest BCUT2D eigenvalue weighted by Gasteiger charge is -2.25. The number of amides is 1. The smallest absolute Gasteiger partial charge is 0.307 e. The molecule has 2 rings (SSSR count). The summed E-state index contributed by atoms with van der Waals surface area (Å²) in [5.74, 6) is 0.0920. The van der Waals surface area contributed by atoms with Gasteiger partial charge in [-0.1, -0.05) is 0 Å². The zero-order valence-electron chi connectivity index (χ0n) is 10.9. The minimum atomic E-state index is -0.268. The van der Waals surface area contributed by atoms with Gasteiger partial charge in [-0.15, -0.1) is 0 Å². The van der Waals surface area contributed by atoms with Crippen LogP contribution in [0.25, 0.3) is 0 Å². The molecule has 2 aliphatic rings. The first-order valence-electron chi connectivity index (χ1n) is 6.68. The Balaban J connectivity index is 1.84. The van der Waals surface area contributed by atoms with E-state index in [1.807, 2.05) is 0 Å². The van der Waals surface area contributed by atoms with E-state index in [9.17, 15) is 9.59 Å². The predicted octanol–water partition coefficient (Wildman–Crippen LogP) is 0.967. The van der Waals surface area contributed by atoms with Gasteiger partial charge >= 0.3 is 5.97 Å². The Morgan fingerprint density at radius 1 is 1.33 bits per heavy atom. The number of carbonyl (C=O) groups is 2. The van der Waals surface area contributed by atoms with Crippen molar-refractivity contribution < 1.29 is 19.1 Å². The average Bonchev–Trinajstić information content (AvgIpc) is 3.11. The van der Waals surface area contributed by atoms with Crippen molar-refractivity contribution in [3.8, 4) is 0 Å². The molecule has 0 spiro atoms. The van der Waals surface area contributed by atoms with Crippen molar-refractivity contribution in [2.24, 2.45) is 5.92 Å². The fraction of sp³-hybridized carbons (Fsp3) is 0.846. The van der Waals surface area contributed by atoms with Gasteiger partial charge in [-0.05, 0) is 25.7 Å². The number of carbonyl (C=O) groups excluding carboxylic acids is 2. The minimum Gasteiger partial charge on any atom is -0.469 e. The highest BCUT2D eigenvalue weighted by Gasteiger charge is 2.34. The van der Waals surface area contributed by atoms with Crippen molar-refractivity contribution in [2.45, 2.75) is 38.2 Å². The summed E-state index contributed by atoms with van der Waals surface area (Å²) in [6.45, 7) is 1.85. The van der Waals surface area contributed by atoms with E-state index in [2.05, 4.69) is 4.74 Å². The van der Waals surface area contributed by atoms with Crippen molar-refractivity contribution in [3.05, 3.63) is 0 Å². The maximum atomic E-state index is 12.1. The fourth-order valence-electron chi connectivity index (χ4n) is 2.24. The van der Waals surface area contributed by atoms with Crippen LogP contribution in [0, 0.1) is 5.92 Å². The van der Waals surface area contributed by atoms with E-state index in [4.69, 9.17) is 4.74 Å². The van der Waals surface area contributed by atoms with Crippen LogP contribution < -0.4 is 0 Å². The zero-order valence-corrected chi connectivity index (χ0v) is 10.9. The van der Waals surface area contributed by atoms with E-state index in [1.165, 1.54) is 7.11 Å². The quantitative estimate of drug-likeness (QED) is 0.664.